The van der Waals surface area contributed by atoms with Gasteiger partial charge in [-0.05, 0) is 38.1 Å². The zero-order valence-corrected chi connectivity index (χ0v) is 14.3. The van der Waals surface area contributed by atoms with Crippen molar-refractivity contribution in [2.45, 2.75) is 33.4 Å². The summed E-state index contributed by atoms with van der Waals surface area (Å²) in [6.45, 7) is 8.16. The summed E-state index contributed by atoms with van der Waals surface area (Å²) in [5.41, 5.74) is 2.24. The standard InChI is InChI=1S/C15H24BrN3O/c1-5-17-9-12-6-7-13(8-14(12)16)19(4)10-15(20)18-11(2)3/h6-8,11,17H,5,9-10H2,1-4H3,(H,18,20). The number of hydrogen-bond donors (Lipinski definition) is 2. The van der Waals surface area contributed by atoms with E-state index in [-0.39, 0.29) is 11.9 Å². The Hall–Kier alpha value is -1.07. The average molecular weight is 342 g/mol. The van der Waals surface area contributed by atoms with Crippen LogP contribution in [0.4, 0.5) is 5.69 Å². The summed E-state index contributed by atoms with van der Waals surface area (Å²) in [5.74, 6) is 0.0374. The van der Waals surface area contributed by atoms with Crippen LogP contribution in [0.3, 0.4) is 0 Å². The lowest BCUT2D eigenvalue weighted by atomic mass is 10.2. The highest BCUT2D eigenvalue weighted by molar-refractivity contribution is 9.10. The number of benzene rings is 1. The van der Waals surface area contributed by atoms with Crippen molar-refractivity contribution in [1.29, 1.82) is 0 Å². The van der Waals surface area contributed by atoms with Crippen LogP contribution in [0.2, 0.25) is 0 Å². The van der Waals surface area contributed by atoms with E-state index in [9.17, 15) is 4.79 Å². The second-order valence-corrected chi connectivity index (χ2v) is 5.99. The van der Waals surface area contributed by atoms with Crippen LogP contribution >= 0.6 is 15.9 Å². The summed E-state index contributed by atoms with van der Waals surface area (Å²) >= 11 is 3.58. The molecule has 0 unspecified atom stereocenters. The first kappa shape index (κ1) is 17.0. The molecule has 0 bridgehead atoms. The molecule has 0 spiro atoms. The van der Waals surface area contributed by atoms with Gasteiger partial charge in [0.25, 0.3) is 0 Å². The van der Waals surface area contributed by atoms with Gasteiger partial charge in [-0.1, -0.05) is 28.9 Å². The molecule has 20 heavy (non-hydrogen) atoms. The summed E-state index contributed by atoms with van der Waals surface area (Å²) in [6.07, 6.45) is 0. The zero-order chi connectivity index (χ0) is 15.1. The van der Waals surface area contributed by atoms with Crippen LogP contribution in [0.25, 0.3) is 0 Å². The van der Waals surface area contributed by atoms with Gasteiger partial charge in [0.15, 0.2) is 0 Å². The summed E-state index contributed by atoms with van der Waals surface area (Å²) in [6, 6.07) is 6.35. The third-order valence-corrected chi connectivity index (χ3v) is 3.61. The fraction of sp³-hybridized carbons (Fsp3) is 0.533. The average Bonchev–Trinajstić information content (AvgIpc) is 2.36. The smallest absolute Gasteiger partial charge is 0.239 e. The van der Waals surface area contributed by atoms with Crippen molar-refractivity contribution in [2.24, 2.45) is 0 Å². The van der Waals surface area contributed by atoms with Crippen molar-refractivity contribution in [3.8, 4) is 0 Å². The van der Waals surface area contributed by atoms with Gasteiger partial charge in [0.05, 0.1) is 6.54 Å². The van der Waals surface area contributed by atoms with E-state index in [1.54, 1.807) is 0 Å². The Morgan fingerprint density at radius 3 is 2.65 bits per heavy atom. The number of carbonyl (C=O) groups is 1. The predicted octanol–water partition coefficient (Wildman–Crippen LogP) is 2.52. The second kappa shape index (κ2) is 8.27. The normalized spacial score (nSPS) is 10.7. The number of likely N-dealkylation sites (N-methyl/N-ethyl adjacent to an activating group) is 1. The number of anilines is 1. The first-order valence-corrected chi connectivity index (χ1v) is 7.73. The summed E-state index contributed by atoms with van der Waals surface area (Å²) < 4.78 is 1.06. The van der Waals surface area contributed by atoms with Crippen LogP contribution in [0.15, 0.2) is 22.7 Å². The molecule has 0 aliphatic heterocycles. The Labute approximate surface area is 130 Å². The van der Waals surface area contributed by atoms with Crippen molar-refractivity contribution in [3.63, 3.8) is 0 Å². The lowest BCUT2D eigenvalue weighted by Crippen LogP contribution is -2.38. The van der Waals surface area contributed by atoms with Gasteiger partial charge < -0.3 is 15.5 Å². The van der Waals surface area contributed by atoms with E-state index in [1.807, 2.05) is 31.9 Å². The maximum Gasteiger partial charge on any atom is 0.239 e. The molecule has 2 N–H and O–H groups in total. The molecule has 5 heteroatoms. The minimum Gasteiger partial charge on any atom is -0.365 e. The van der Waals surface area contributed by atoms with Crippen LogP contribution in [0, 0.1) is 0 Å². The van der Waals surface area contributed by atoms with Gasteiger partial charge in [0.2, 0.25) is 5.91 Å². The zero-order valence-electron chi connectivity index (χ0n) is 12.7. The molecule has 0 aliphatic carbocycles. The maximum atomic E-state index is 11.8. The quantitative estimate of drug-likeness (QED) is 0.800. The minimum absolute atomic E-state index is 0.0374. The van der Waals surface area contributed by atoms with Crippen LogP contribution in [0.5, 0.6) is 0 Å². The lowest BCUT2D eigenvalue weighted by molar-refractivity contribution is -0.120. The molecule has 0 radical (unpaired) electrons. The molecule has 0 saturated heterocycles. The molecule has 112 valence electrons. The van der Waals surface area contributed by atoms with Gasteiger partial charge in [0, 0.05) is 29.8 Å². The van der Waals surface area contributed by atoms with E-state index in [0.29, 0.717) is 6.54 Å². The first-order valence-electron chi connectivity index (χ1n) is 6.93. The van der Waals surface area contributed by atoms with Crippen LogP contribution in [-0.2, 0) is 11.3 Å². The largest absolute Gasteiger partial charge is 0.365 e. The van der Waals surface area contributed by atoms with E-state index in [4.69, 9.17) is 0 Å². The Balaban J connectivity index is 2.67. The molecule has 0 aromatic heterocycles. The molecular weight excluding hydrogens is 318 g/mol. The van der Waals surface area contributed by atoms with Gasteiger partial charge in [-0.2, -0.15) is 0 Å². The SMILES string of the molecule is CCNCc1ccc(N(C)CC(=O)NC(C)C)cc1Br. The van der Waals surface area contributed by atoms with Crippen molar-refractivity contribution >= 4 is 27.5 Å². The third-order valence-electron chi connectivity index (χ3n) is 2.87. The number of nitrogens with zero attached hydrogens (tertiary/aromatic N) is 1. The molecule has 0 fully saturated rings. The Bertz CT molecular complexity index is 449. The molecule has 0 atom stereocenters. The lowest BCUT2D eigenvalue weighted by Gasteiger charge is -2.20. The number of carbonyl (C=O) groups excluding carboxylic acids is 1. The molecule has 0 saturated carbocycles. The number of nitrogens with one attached hydrogen (secondary N) is 2. The fourth-order valence-corrected chi connectivity index (χ4v) is 2.36. The first-order chi connectivity index (χ1) is 9.43. The monoisotopic (exact) mass is 341 g/mol. The van der Waals surface area contributed by atoms with Gasteiger partial charge in [-0.25, -0.2) is 0 Å². The summed E-state index contributed by atoms with van der Waals surface area (Å²) in [7, 11) is 1.92. The molecular formula is C15H24BrN3O. The number of amides is 1. The number of hydrogen-bond acceptors (Lipinski definition) is 3. The highest BCUT2D eigenvalue weighted by Gasteiger charge is 2.10. The number of halogens is 1. The molecule has 1 aromatic carbocycles. The molecule has 1 aromatic rings. The van der Waals surface area contributed by atoms with Gasteiger partial charge in [-0.15, -0.1) is 0 Å². The van der Waals surface area contributed by atoms with Crippen LogP contribution < -0.4 is 15.5 Å². The third kappa shape index (κ3) is 5.51. The Kier molecular flexibility index (Phi) is 7.02. The van der Waals surface area contributed by atoms with Crippen molar-refractivity contribution in [2.75, 3.05) is 25.0 Å². The van der Waals surface area contributed by atoms with Gasteiger partial charge >= 0.3 is 0 Å². The van der Waals surface area contributed by atoms with Crippen LogP contribution in [-0.4, -0.2) is 32.1 Å². The summed E-state index contributed by atoms with van der Waals surface area (Å²) in [4.78, 5) is 13.7. The van der Waals surface area contributed by atoms with Crippen molar-refractivity contribution in [3.05, 3.63) is 28.2 Å². The van der Waals surface area contributed by atoms with E-state index in [1.165, 1.54) is 5.56 Å². The second-order valence-electron chi connectivity index (χ2n) is 5.13. The van der Waals surface area contributed by atoms with Crippen molar-refractivity contribution in [1.82, 2.24) is 10.6 Å². The molecule has 1 rings (SSSR count). The Morgan fingerprint density at radius 1 is 1.40 bits per heavy atom. The van der Waals surface area contributed by atoms with E-state index in [2.05, 4.69) is 45.6 Å². The Morgan fingerprint density at radius 2 is 2.10 bits per heavy atom. The van der Waals surface area contributed by atoms with Gasteiger partial charge in [0.1, 0.15) is 0 Å². The molecule has 0 heterocycles. The fourth-order valence-electron chi connectivity index (χ4n) is 1.85. The van der Waals surface area contributed by atoms with Gasteiger partial charge in [-0.3, -0.25) is 4.79 Å². The van der Waals surface area contributed by atoms with E-state index in [0.717, 1.165) is 23.2 Å². The highest BCUT2D eigenvalue weighted by Crippen LogP contribution is 2.23. The maximum absolute atomic E-state index is 11.8. The predicted molar refractivity (Wildman–Crippen MR) is 88.1 cm³/mol. The number of rotatable bonds is 7. The molecule has 0 aliphatic rings. The topological polar surface area (TPSA) is 44.4 Å². The minimum atomic E-state index is 0.0374. The summed E-state index contributed by atoms with van der Waals surface area (Å²) in [5, 5.41) is 6.20. The molecule has 1 amide bonds. The van der Waals surface area contributed by atoms with E-state index < -0.39 is 0 Å². The highest BCUT2D eigenvalue weighted by atomic mass is 79.9. The van der Waals surface area contributed by atoms with Crippen LogP contribution in [0.1, 0.15) is 26.3 Å². The van der Waals surface area contributed by atoms with E-state index >= 15 is 0 Å². The van der Waals surface area contributed by atoms with Crippen molar-refractivity contribution < 1.29 is 4.79 Å². The molecule has 4 nitrogen and oxygen atoms in total.